The smallest absolute Gasteiger partial charge is 0.316 e. The van der Waals surface area contributed by atoms with E-state index < -0.39 is 16.6 Å². The van der Waals surface area contributed by atoms with Gasteiger partial charge in [-0.05, 0) is 88.8 Å². The number of para-hydroxylation sites is 1. The number of benzene rings is 3. The van der Waals surface area contributed by atoms with Crippen LogP contribution in [0.2, 0.25) is 0 Å². The van der Waals surface area contributed by atoms with Gasteiger partial charge >= 0.3 is 5.97 Å². The monoisotopic (exact) mass is 652 g/mol. The molecule has 44 heavy (non-hydrogen) atoms. The topological polar surface area (TPSA) is 77.5 Å². The van der Waals surface area contributed by atoms with Crippen molar-refractivity contribution < 1.29 is 19.1 Å². The maximum Gasteiger partial charge on any atom is 0.316 e. The maximum absolute atomic E-state index is 14.7. The Morgan fingerprint density at radius 2 is 1.61 bits per heavy atom. The SMILES string of the molecule is COc1ccccc1C1=CC2(C(=O)OC(C)(C)C)CCC1(NC(=O)c1c(C)c(-c3ccccc3)nc3ccc(Br)cc13)CC2. The first-order valence-electron chi connectivity index (χ1n) is 15.0. The first-order valence-corrected chi connectivity index (χ1v) is 15.8. The second-order valence-corrected chi connectivity index (χ2v) is 13.9. The lowest BCUT2D eigenvalue weighted by Gasteiger charge is -2.52. The summed E-state index contributed by atoms with van der Waals surface area (Å²) in [7, 11) is 1.64. The Morgan fingerprint density at radius 3 is 2.30 bits per heavy atom. The number of fused-ring (bicyclic) bond motifs is 3. The molecule has 0 spiro atoms. The molecule has 0 saturated heterocycles. The fraction of sp³-hybridized carbons (Fsp3) is 0.324. The quantitative estimate of drug-likeness (QED) is 0.212. The van der Waals surface area contributed by atoms with E-state index >= 15 is 0 Å². The molecule has 3 aliphatic carbocycles. The van der Waals surface area contributed by atoms with E-state index in [9.17, 15) is 9.59 Å². The zero-order valence-corrected chi connectivity index (χ0v) is 27.4. The third-order valence-electron chi connectivity index (χ3n) is 8.95. The van der Waals surface area contributed by atoms with Gasteiger partial charge in [0.2, 0.25) is 0 Å². The zero-order chi connectivity index (χ0) is 31.3. The third-order valence-corrected chi connectivity index (χ3v) is 9.45. The highest BCUT2D eigenvalue weighted by molar-refractivity contribution is 9.10. The van der Waals surface area contributed by atoms with Crippen molar-refractivity contribution in [3.63, 3.8) is 0 Å². The molecule has 1 amide bonds. The van der Waals surface area contributed by atoms with Crippen LogP contribution in [0.4, 0.5) is 0 Å². The van der Waals surface area contributed by atoms with Crippen LogP contribution in [0.5, 0.6) is 5.75 Å². The van der Waals surface area contributed by atoms with Gasteiger partial charge in [-0.2, -0.15) is 0 Å². The second-order valence-electron chi connectivity index (χ2n) is 12.9. The van der Waals surface area contributed by atoms with Gasteiger partial charge in [0.15, 0.2) is 0 Å². The number of rotatable bonds is 6. The van der Waals surface area contributed by atoms with E-state index in [2.05, 4.69) is 27.3 Å². The van der Waals surface area contributed by atoms with E-state index in [1.807, 2.05) is 100 Å². The number of nitrogens with zero attached hydrogens (tertiary/aromatic N) is 1. The van der Waals surface area contributed by atoms with Crippen LogP contribution in [0.15, 0.2) is 83.3 Å². The van der Waals surface area contributed by atoms with Crippen molar-refractivity contribution in [2.45, 2.75) is 64.5 Å². The van der Waals surface area contributed by atoms with Crippen molar-refractivity contribution in [2.24, 2.45) is 5.41 Å². The number of halogens is 1. The zero-order valence-electron chi connectivity index (χ0n) is 25.8. The Kier molecular flexibility index (Phi) is 7.65. The van der Waals surface area contributed by atoms with Crippen molar-refractivity contribution in [1.29, 1.82) is 0 Å². The van der Waals surface area contributed by atoms with Gasteiger partial charge in [-0.25, -0.2) is 4.98 Å². The molecular weight excluding hydrogens is 616 g/mol. The lowest BCUT2D eigenvalue weighted by atomic mass is 9.57. The Morgan fingerprint density at radius 1 is 0.932 bits per heavy atom. The van der Waals surface area contributed by atoms with Crippen LogP contribution in [0.3, 0.4) is 0 Å². The van der Waals surface area contributed by atoms with E-state index in [-0.39, 0.29) is 11.9 Å². The molecule has 1 aromatic heterocycles. The number of aromatic nitrogens is 1. The molecule has 0 radical (unpaired) electrons. The molecule has 7 rings (SSSR count). The number of nitrogens with one attached hydrogen (secondary N) is 1. The number of pyridine rings is 1. The van der Waals surface area contributed by atoms with Crippen LogP contribution in [-0.4, -0.2) is 35.1 Å². The second kappa shape index (κ2) is 11.2. The molecule has 226 valence electrons. The van der Waals surface area contributed by atoms with E-state index in [0.29, 0.717) is 37.0 Å². The predicted molar refractivity (Wildman–Crippen MR) is 178 cm³/mol. The fourth-order valence-electron chi connectivity index (χ4n) is 6.77. The molecule has 7 heteroatoms. The average molecular weight is 654 g/mol. The number of esters is 1. The summed E-state index contributed by atoms with van der Waals surface area (Å²) in [4.78, 5) is 33.3. The Labute approximate surface area is 267 Å². The summed E-state index contributed by atoms with van der Waals surface area (Å²) in [5, 5.41) is 4.29. The number of ether oxygens (including phenoxy) is 2. The molecule has 1 fully saturated rings. The van der Waals surface area contributed by atoms with Crippen molar-refractivity contribution >= 4 is 44.3 Å². The Hall–Kier alpha value is -3.97. The Bertz CT molecular complexity index is 1800. The predicted octanol–water partition coefficient (Wildman–Crippen LogP) is 8.45. The summed E-state index contributed by atoms with van der Waals surface area (Å²) in [5.41, 5.74) is 3.59. The van der Waals surface area contributed by atoms with Crippen LogP contribution in [-0.2, 0) is 9.53 Å². The summed E-state index contributed by atoms with van der Waals surface area (Å²) in [6.45, 7) is 7.65. The number of carbonyl (C=O) groups is 2. The molecule has 3 aromatic carbocycles. The van der Waals surface area contributed by atoms with Crippen LogP contribution in [0.1, 0.15) is 67.9 Å². The van der Waals surface area contributed by atoms with Crippen LogP contribution in [0, 0.1) is 12.3 Å². The van der Waals surface area contributed by atoms with Crippen LogP contribution in [0.25, 0.3) is 27.7 Å². The molecule has 3 aliphatic rings. The average Bonchev–Trinajstić information content (AvgIpc) is 3.00. The highest BCUT2D eigenvalue weighted by atomic mass is 79.9. The lowest BCUT2D eigenvalue weighted by Crippen LogP contribution is -2.58. The molecule has 6 nitrogen and oxygen atoms in total. The van der Waals surface area contributed by atoms with Crippen molar-refractivity contribution in [3.05, 3.63) is 100 Å². The molecule has 0 atom stereocenters. The summed E-state index contributed by atoms with van der Waals surface area (Å²) in [6.07, 6.45) is 4.41. The molecule has 4 aromatic rings. The summed E-state index contributed by atoms with van der Waals surface area (Å²) in [6, 6.07) is 23.6. The van der Waals surface area contributed by atoms with E-state index in [1.165, 1.54) is 0 Å². The molecule has 2 bridgehead atoms. The maximum atomic E-state index is 14.7. The molecule has 0 unspecified atom stereocenters. The molecular formula is C37H37BrN2O4. The van der Waals surface area contributed by atoms with Crippen molar-refractivity contribution in [3.8, 4) is 17.0 Å². The fourth-order valence-corrected chi connectivity index (χ4v) is 7.13. The minimum absolute atomic E-state index is 0.169. The molecule has 0 aliphatic heterocycles. The normalized spacial score (nSPS) is 21.1. The van der Waals surface area contributed by atoms with Gasteiger partial charge in [-0.3, -0.25) is 9.59 Å². The molecule has 1 saturated carbocycles. The highest BCUT2D eigenvalue weighted by Gasteiger charge is 2.55. The molecule has 1 heterocycles. The van der Waals surface area contributed by atoms with Gasteiger partial charge in [-0.15, -0.1) is 0 Å². The first-order chi connectivity index (χ1) is 21.0. The van der Waals surface area contributed by atoms with Gasteiger partial charge < -0.3 is 14.8 Å². The van der Waals surface area contributed by atoms with Gasteiger partial charge in [0.1, 0.15) is 11.4 Å². The minimum Gasteiger partial charge on any atom is -0.496 e. The van der Waals surface area contributed by atoms with E-state index in [4.69, 9.17) is 14.5 Å². The Balaban J connectivity index is 1.49. The number of hydrogen-bond acceptors (Lipinski definition) is 5. The largest absolute Gasteiger partial charge is 0.496 e. The minimum atomic E-state index is -0.763. The summed E-state index contributed by atoms with van der Waals surface area (Å²) >= 11 is 3.60. The van der Waals surface area contributed by atoms with Crippen LogP contribution < -0.4 is 10.1 Å². The number of methoxy groups -OCH3 is 1. The van der Waals surface area contributed by atoms with Gasteiger partial charge in [0.25, 0.3) is 5.91 Å². The van der Waals surface area contributed by atoms with Crippen LogP contribution >= 0.6 is 15.9 Å². The summed E-state index contributed by atoms with van der Waals surface area (Å²) in [5.74, 6) is 0.308. The third kappa shape index (κ3) is 5.32. The first kappa shape index (κ1) is 30.1. The van der Waals surface area contributed by atoms with E-state index in [0.717, 1.165) is 43.3 Å². The van der Waals surface area contributed by atoms with Crippen molar-refractivity contribution in [1.82, 2.24) is 10.3 Å². The highest BCUT2D eigenvalue weighted by Crippen LogP contribution is 2.56. The van der Waals surface area contributed by atoms with Crippen molar-refractivity contribution in [2.75, 3.05) is 7.11 Å². The number of carbonyl (C=O) groups excluding carboxylic acids is 2. The lowest BCUT2D eigenvalue weighted by molar-refractivity contribution is -0.167. The number of amides is 1. The van der Waals surface area contributed by atoms with Gasteiger partial charge in [-0.1, -0.05) is 70.5 Å². The summed E-state index contributed by atoms with van der Waals surface area (Å²) < 4.78 is 12.6. The standard InChI is InChI=1S/C37H37BrN2O4/c1-23-31(27-21-25(38)15-16-29(27)39-32(23)24-11-7-6-8-12-24)33(41)40-37-19-17-36(18-20-37,34(42)44-35(2,3)4)22-28(37)26-13-9-10-14-30(26)43-5/h6-16,21-22H,17-20H2,1-5H3,(H,40,41). The van der Waals surface area contributed by atoms with Gasteiger partial charge in [0, 0.05) is 21.0 Å². The number of hydrogen-bond donors (Lipinski definition) is 1. The molecule has 1 N–H and O–H groups in total. The van der Waals surface area contributed by atoms with E-state index in [1.54, 1.807) is 7.11 Å². The van der Waals surface area contributed by atoms with Gasteiger partial charge in [0.05, 0.1) is 34.8 Å².